The van der Waals surface area contributed by atoms with Gasteiger partial charge in [0.1, 0.15) is 0 Å². The molecule has 6 fully saturated rings. The number of rotatable bonds is 1. The molecule has 2 amide bonds. The van der Waals surface area contributed by atoms with Crippen LogP contribution in [0.2, 0.25) is 0 Å². The standard InChI is InChI=1S/C28H46N4O3/c1-15-4-7-25-28(3,35)21-6-5-17-18(20(21)14-32(25)13-15)11-22-19(17)12-24(30-31-26(29)34)23-10-16(33)8-9-27(22,23)2/h15-23,25,33,35H,4-14H2,1-3H3,(H3,29,31,34)/t15?,16?,17-,18-,19?,20?,21?,22+,23-,25+,27?,28+/m1/s1. The van der Waals surface area contributed by atoms with Crippen LogP contribution in [0, 0.1) is 52.8 Å². The lowest BCUT2D eigenvalue weighted by molar-refractivity contribution is -0.175. The number of nitrogens with two attached hydrogens (primary N) is 1. The van der Waals surface area contributed by atoms with Crippen LogP contribution in [0.5, 0.6) is 0 Å². The van der Waals surface area contributed by atoms with Crippen molar-refractivity contribution in [3.63, 3.8) is 0 Å². The van der Waals surface area contributed by atoms with E-state index in [2.05, 4.69) is 36.2 Å². The predicted molar refractivity (Wildman–Crippen MR) is 135 cm³/mol. The molecule has 2 heterocycles. The number of aliphatic hydroxyl groups excluding tert-OH is 1. The third-order valence-corrected chi connectivity index (χ3v) is 12.1. The maximum atomic E-state index is 11.9. The van der Waals surface area contributed by atoms with Crippen molar-refractivity contribution in [2.45, 2.75) is 96.3 Å². The topological polar surface area (TPSA) is 111 Å². The van der Waals surface area contributed by atoms with Crippen LogP contribution in [0.15, 0.2) is 5.10 Å². The van der Waals surface area contributed by atoms with Crippen molar-refractivity contribution in [2.75, 3.05) is 13.1 Å². The van der Waals surface area contributed by atoms with Crippen molar-refractivity contribution in [1.29, 1.82) is 0 Å². The van der Waals surface area contributed by atoms with Crippen molar-refractivity contribution < 1.29 is 15.0 Å². The van der Waals surface area contributed by atoms with Gasteiger partial charge in [-0.15, -0.1) is 0 Å². The number of carbonyl (C=O) groups is 1. The summed E-state index contributed by atoms with van der Waals surface area (Å²) in [4.78, 5) is 14.1. The molecule has 0 aromatic heterocycles. The predicted octanol–water partition coefficient (Wildman–Crippen LogP) is 3.34. The summed E-state index contributed by atoms with van der Waals surface area (Å²) < 4.78 is 0. The third-order valence-electron chi connectivity index (χ3n) is 12.1. The average Bonchev–Trinajstić information content (AvgIpc) is 3.18. The van der Waals surface area contributed by atoms with Crippen molar-refractivity contribution in [2.24, 2.45) is 63.6 Å². The average molecular weight is 487 g/mol. The molecule has 35 heavy (non-hydrogen) atoms. The summed E-state index contributed by atoms with van der Waals surface area (Å²) in [7, 11) is 0. The van der Waals surface area contributed by atoms with Crippen LogP contribution in [0.25, 0.3) is 0 Å². The maximum Gasteiger partial charge on any atom is 0.332 e. The number of hydrogen-bond acceptors (Lipinski definition) is 5. The van der Waals surface area contributed by atoms with E-state index in [1.54, 1.807) is 0 Å². The minimum atomic E-state index is -0.614. The molecule has 6 rings (SSSR count). The second-order valence-electron chi connectivity index (χ2n) is 13.8. The molecule has 196 valence electrons. The fourth-order valence-corrected chi connectivity index (χ4v) is 10.6. The number of hydrogen-bond donors (Lipinski definition) is 4. The van der Waals surface area contributed by atoms with Gasteiger partial charge in [-0.2, -0.15) is 5.10 Å². The van der Waals surface area contributed by atoms with E-state index in [1.165, 1.54) is 19.3 Å². The number of piperidine rings is 2. The van der Waals surface area contributed by atoms with E-state index in [4.69, 9.17) is 5.73 Å². The van der Waals surface area contributed by atoms with Gasteiger partial charge in [0.25, 0.3) is 0 Å². The molecule has 0 bridgehead atoms. The van der Waals surface area contributed by atoms with E-state index < -0.39 is 11.6 Å². The van der Waals surface area contributed by atoms with Crippen molar-refractivity contribution in [3.8, 4) is 0 Å². The Morgan fingerprint density at radius 2 is 1.83 bits per heavy atom. The molecular weight excluding hydrogens is 440 g/mol. The Morgan fingerprint density at radius 1 is 1.03 bits per heavy atom. The van der Waals surface area contributed by atoms with Crippen LogP contribution < -0.4 is 11.2 Å². The molecule has 5 N–H and O–H groups in total. The summed E-state index contributed by atoms with van der Waals surface area (Å²) in [6, 6.07) is -0.294. The van der Waals surface area contributed by atoms with Gasteiger partial charge >= 0.3 is 6.03 Å². The molecule has 0 aromatic rings. The van der Waals surface area contributed by atoms with Crippen LogP contribution in [0.4, 0.5) is 4.79 Å². The molecule has 6 aliphatic rings. The Hall–Kier alpha value is -1.18. The number of nitrogens with one attached hydrogen (secondary N) is 1. The van der Waals surface area contributed by atoms with Gasteiger partial charge in [0, 0.05) is 30.8 Å². The highest BCUT2D eigenvalue weighted by molar-refractivity contribution is 5.90. The monoisotopic (exact) mass is 486 g/mol. The zero-order chi connectivity index (χ0) is 24.7. The van der Waals surface area contributed by atoms with Crippen LogP contribution in [0.3, 0.4) is 0 Å². The summed E-state index contributed by atoms with van der Waals surface area (Å²) in [6.45, 7) is 9.24. The molecule has 4 aliphatic carbocycles. The van der Waals surface area contributed by atoms with Gasteiger partial charge in [0.2, 0.25) is 0 Å². The lowest BCUT2D eigenvalue weighted by atomic mass is 9.51. The number of aliphatic hydroxyl groups is 2. The van der Waals surface area contributed by atoms with Gasteiger partial charge in [-0.1, -0.05) is 13.8 Å². The van der Waals surface area contributed by atoms with Crippen LogP contribution >= 0.6 is 0 Å². The van der Waals surface area contributed by atoms with E-state index in [0.717, 1.165) is 57.3 Å². The highest BCUT2D eigenvalue weighted by atomic mass is 16.3. The molecule has 4 saturated carbocycles. The first-order chi connectivity index (χ1) is 16.6. The van der Waals surface area contributed by atoms with E-state index in [9.17, 15) is 15.0 Å². The Morgan fingerprint density at radius 3 is 2.60 bits per heavy atom. The highest BCUT2D eigenvalue weighted by Gasteiger charge is 2.64. The second kappa shape index (κ2) is 8.42. The van der Waals surface area contributed by atoms with E-state index in [-0.39, 0.29) is 17.4 Å². The van der Waals surface area contributed by atoms with Crippen LogP contribution in [0.1, 0.15) is 78.6 Å². The van der Waals surface area contributed by atoms with E-state index >= 15 is 0 Å². The smallest absolute Gasteiger partial charge is 0.332 e. The normalized spacial score (nSPS) is 54.7. The number of hydrazone groups is 1. The van der Waals surface area contributed by atoms with E-state index in [0.29, 0.717) is 47.5 Å². The number of amides is 2. The summed E-state index contributed by atoms with van der Waals surface area (Å²) in [6.07, 6.45) is 9.19. The molecule has 0 aromatic carbocycles. The fourth-order valence-electron chi connectivity index (χ4n) is 10.6. The van der Waals surface area contributed by atoms with Crippen molar-refractivity contribution in [1.82, 2.24) is 10.3 Å². The first-order valence-electron chi connectivity index (χ1n) is 14.4. The highest BCUT2D eigenvalue weighted by Crippen LogP contribution is 2.66. The summed E-state index contributed by atoms with van der Waals surface area (Å²) in [5.41, 5.74) is 8.47. The minimum absolute atomic E-state index is 0.104. The number of carbonyl (C=O) groups excluding carboxylic acids is 1. The molecule has 7 nitrogen and oxygen atoms in total. The molecule has 2 aliphatic heterocycles. The molecular formula is C28H46N4O3. The van der Waals surface area contributed by atoms with Crippen LogP contribution in [-0.4, -0.2) is 57.7 Å². The Labute approximate surface area is 210 Å². The van der Waals surface area contributed by atoms with Gasteiger partial charge < -0.3 is 15.9 Å². The molecule has 0 radical (unpaired) electrons. The number of nitrogens with zero attached hydrogens (tertiary/aromatic N) is 2. The van der Waals surface area contributed by atoms with Crippen molar-refractivity contribution >= 4 is 11.7 Å². The molecule has 2 saturated heterocycles. The molecule has 12 atom stereocenters. The summed E-state index contributed by atoms with van der Waals surface area (Å²) >= 11 is 0. The Kier molecular flexibility index (Phi) is 5.82. The molecule has 7 heteroatoms. The van der Waals surface area contributed by atoms with Gasteiger partial charge in [-0.3, -0.25) is 4.90 Å². The Bertz CT molecular complexity index is 891. The second-order valence-corrected chi connectivity index (χ2v) is 13.8. The third kappa shape index (κ3) is 3.70. The van der Waals surface area contributed by atoms with Gasteiger partial charge in [0.15, 0.2) is 0 Å². The van der Waals surface area contributed by atoms with Gasteiger partial charge in [-0.25, -0.2) is 10.2 Å². The quantitative estimate of drug-likeness (QED) is 0.426. The lowest BCUT2D eigenvalue weighted by Crippen LogP contribution is -2.67. The zero-order valence-electron chi connectivity index (χ0n) is 21.8. The van der Waals surface area contributed by atoms with E-state index in [1.807, 2.05) is 0 Å². The zero-order valence-corrected chi connectivity index (χ0v) is 21.8. The first kappa shape index (κ1) is 24.2. The number of urea groups is 1. The molecule has 6 unspecified atom stereocenters. The first-order valence-corrected chi connectivity index (χ1v) is 14.4. The summed E-state index contributed by atoms with van der Waals surface area (Å²) in [5, 5.41) is 27.0. The Balaban J connectivity index is 1.32. The lowest BCUT2D eigenvalue weighted by Gasteiger charge is -2.59. The summed E-state index contributed by atoms with van der Waals surface area (Å²) in [5.74, 6) is 4.42. The van der Waals surface area contributed by atoms with Gasteiger partial charge in [-0.05, 0) is 112 Å². The number of fused-ring (bicyclic) bond motifs is 8. The van der Waals surface area contributed by atoms with Gasteiger partial charge in [0.05, 0.1) is 11.7 Å². The van der Waals surface area contributed by atoms with Crippen molar-refractivity contribution in [3.05, 3.63) is 0 Å². The minimum Gasteiger partial charge on any atom is -0.393 e. The number of primary amides is 1. The molecule has 0 spiro atoms. The maximum absolute atomic E-state index is 11.9. The van der Waals surface area contributed by atoms with Crippen LogP contribution in [-0.2, 0) is 0 Å². The fraction of sp³-hybridized carbons (Fsp3) is 0.929. The largest absolute Gasteiger partial charge is 0.393 e. The SMILES string of the molecule is CC1CC[C@@H]2N(C1)CC1C(CC[C@H]3C4CC(=NNC(N)=O)[C@H]5CC(O)CCC5(C)[C@H]4C[C@@H]13)[C@]2(C)O.